The molecular formula is C13H7F4NO2. The molecule has 0 saturated carbocycles. The van der Waals surface area contributed by atoms with Crippen molar-refractivity contribution in [1.82, 2.24) is 4.98 Å². The molecule has 1 heterocycles. The van der Waals surface area contributed by atoms with Gasteiger partial charge in [-0.2, -0.15) is 0 Å². The Balaban J connectivity index is 2.29. The molecule has 0 atom stereocenters. The largest absolute Gasteiger partial charge is 0.573 e. The Bertz CT molecular complexity index is 640. The van der Waals surface area contributed by atoms with Gasteiger partial charge in [-0.25, -0.2) is 4.39 Å². The van der Waals surface area contributed by atoms with E-state index in [4.69, 9.17) is 0 Å². The van der Waals surface area contributed by atoms with Crippen molar-refractivity contribution in [3.05, 3.63) is 59.7 Å². The fourth-order valence-electron chi connectivity index (χ4n) is 1.54. The monoisotopic (exact) mass is 285 g/mol. The molecule has 0 aliphatic heterocycles. The molecule has 0 unspecified atom stereocenters. The van der Waals surface area contributed by atoms with Crippen LogP contribution in [0.2, 0.25) is 0 Å². The summed E-state index contributed by atoms with van der Waals surface area (Å²) in [6.07, 6.45) is -2.80. The summed E-state index contributed by atoms with van der Waals surface area (Å²) in [5.41, 5.74) is -0.117. The van der Waals surface area contributed by atoms with Crippen LogP contribution in [0.5, 0.6) is 5.75 Å². The highest BCUT2D eigenvalue weighted by molar-refractivity contribution is 6.08. The predicted octanol–water partition coefficient (Wildman–Crippen LogP) is 3.35. The van der Waals surface area contributed by atoms with Gasteiger partial charge in [-0.3, -0.25) is 9.78 Å². The molecule has 0 N–H and O–H groups in total. The molecule has 2 rings (SSSR count). The molecule has 7 heteroatoms. The van der Waals surface area contributed by atoms with Gasteiger partial charge in [0.1, 0.15) is 11.6 Å². The average molecular weight is 285 g/mol. The number of hydrogen-bond donors (Lipinski definition) is 0. The molecule has 0 fully saturated rings. The van der Waals surface area contributed by atoms with Gasteiger partial charge in [0.05, 0.1) is 6.20 Å². The normalized spacial score (nSPS) is 11.2. The lowest BCUT2D eigenvalue weighted by molar-refractivity contribution is -0.274. The van der Waals surface area contributed by atoms with Crippen molar-refractivity contribution in [2.24, 2.45) is 0 Å². The molecule has 0 radical (unpaired) electrons. The standard InChI is InChI=1S/C13H7F4NO2/c14-10-4-9(6-18-7-10)12(19)8-2-1-3-11(5-8)20-13(15,16)17/h1-7H. The average Bonchev–Trinajstić information content (AvgIpc) is 2.36. The number of carbonyl (C=O) groups excluding carboxylic acids is 1. The van der Waals surface area contributed by atoms with E-state index in [1.54, 1.807) is 0 Å². The Morgan fingerprint density at radius 3 is 2.50 bits per heavy atom. The number of hydrogen-bond acceptors (Lipinski definition) is 3. The van der Waals surface area contributed by atoms with Crippen LogP contribution in [-0.2, 0) is 0 Å². The number of ketones is 1. The summed E-state index contributed by atoms with van der Waals surface area (Å²) >= 11 is 0. The number of benzene rings is 1. The lowest BCUT2D eigenvalue weighted by atomic mass is 10.0. The molecule has 0 saturated heterocycles. The van der Waals surface area contributed by atoms with E-state index >= 15 is 0 Å². The summed E-state index contributed by atoms with van der Waals surface area (Å²) in [6, 6.07) is 5.49. The minimum absolute atomic E-state index is 0.0563. The van der Waals surface area contributed by atoms with E-state index in [-0.39, 0.29) is 11.1 Å². The summed E-state index contributed by atoms with van der Waals surface area (Å²) in [5.74, 6) is -1.88. The third-order valence-electron chi connectivity index (χ3n) is 2.30. The van der Waals surface area contributed by atoms with Crippen molar-refractivity contribution in [1.29, 1.82) is 0 Å². The highest BCUT2D eigenvalue weighted by Gasteiger charge is 2.31. The number of ether oxygens (including phenoxy) is 1. The first-order chi connectivity index (χ1) is 9.35. The first-order valence-corrected chi connectivity index (χ1v) is 5.36. The number of rotatable bonds is 3. The van der Waals surface area contributed by atoms with Gasteiger partial charge >= 0.3 is 6.36 Å². The van der Waals surface area contributed by atoms with Crippen LogP contribution in [0.3, 0.4) is 0 Å². The van der Waals surface area contributed by atoms with Crippen LogP contribution in [0, 0.1) is 5.82 Å². The van der Waals surface area contributed by atoms with Crippen LogP contribution in [0.1, 0.15) is 15.9 Å². The minimum Gasteiger partial charge on any atom is -0.406 e. The fraction of sp³-hybridized carbons (Fsp3) is 0.0769. The summed E-state index contributed by atoms with van der Waals surface area (Å²) in [5, 5.41) is 0. The molecule has 1 aromatic heterocycles. The van der Waals surface area contributed by atoms with Crippen LogP contribution >= 0.6 is 0 Å². The molecule has 104 valence electrons. The van der Waals surface area contributed by atoms with Gasteiger partial charge in [0.15, 0.2) is 5.78 Å². The quantitative estimate of drug-likeness (QED) is 0.641. The zero-order valence-electron chi connectivity index (χ0n) is 9.82. The first kappa shape index (κ1) is 14.0. The topological polar surface area (TPSA) is 39.2 Å². The zero-order chi connectivity index (χ0) is 14.8. The Kier molecular flexibility index (Phi) is 3.69. The van der Waals surface area contributed by atoms with Crippen molar-refractivity contribution < 1.29 is 27.1 Å². The van der Waals surface area contributed by atoms with Gasteiger partial charge in [-0.05, 0) is 18.2 Å². The molecule has 20 heavy (non-hydrogen) atoms. The molecule has 3 nitrogen and oxygen atoms in total. The first-order valence-electron chi connectivity index (χ1n) is 5.36. The molecule has 0 spiro atoms. The van der Waals surface area contributed by atoms with Crippen LogP contribution in [0.25, 0.3) is 0 Å². The van der Waals surface area contributed by atoms with Crippen LogP contribution in [-0.4, -0.2) is 17.1 Å². The van der Waals surface area contributed by atoms with Crippen molar-refractivity contribution in [2.45, 2.75) is 6.36 Å². The predicted molar refractivity (Wildman–Crippen MR) is 60.8 cm³/mol. The zero-order valence-corrected chi connectivity index (χ0v) is 9.82. The van der Waals surface area contributed by atoms with Gasteiger partial charge in [0.2, 0.25) is 0 Å². The van der Waals surface area contributed by atoms with E-state index in [0.717, 1.165) is 30.6 Å². The highest BCUT2D eigenvalue weighted by atomic mass is 19.4. The Morgan fingerprint density at radius 2 is 1.85 bits per heavy atom. The Labute approximate surface area is 110 Å². The second kappa shape index (κ2) is 5.28. The van der Waals surface area contributed by atoms with Gasteiger partial charge in [-0.15, -0.1) is 13.2 Å². The lowest BCUT2D eigenvalue weighted by Crippen LogP contribution is -2.17. The smallest absolute Gasteiger partial charge is 0.406 e. The Hall–Kier alpha value is -2.44. The molecule has 1 aromatic carbocycles. The van der Waals surface area contributed by atoms with E-state index in [0.29, 0.717) is 0 Å². The summed E-state index contributed by atoms with van der Waals surface area (Å²) in [4.78, 5) is 15.5. The van der Waals surface area contributed by atoms with E-state index in [9.17, 15) is 22.4 Å². The Morgan fingerprint density at radius 1 is 1.10 bits per heavy atom. The number of carbonyl (C=O) groups is 1. The lowest BCUT2D eigenvalue weighted by Gasteiger charge is -2.09. The van der Waals surface area contributed by atoms with E-state index < -0.39 is 23.7 Å². The maximum Gasteiger partial charge on any atom is 0.573 e. The second-order valence-electron chi connectivity index (χ2n) is 3.80. The summed E-state index contributed by atoms with van der Waals surface area (Å²) < 4.78 is 52.9. The van der Waals surface area contributed by atoms with E-state index in [1.165, 1.54) is 12.1 Å². The minimum atomic E-state index is -4.85. The van der Waals surface area contributed by atoms with Crippen LogP contribution in [0.4, 0.5) is 17.6 Å². The van der Waals surface area contributed by atoms with Crippen molar-refractivity contribution >= 4 is 5.78 Å². The highest BCUT2D eigenvalue weighted by Crippen LogP contribution is 2.24. The number of alkyl halides is 3. The molecule has 0 bridgehead atoms. The molecule has 0 amide bonds. The third kappa shape index (κ3) is 3.53. The SMILES string of the molecule is O=C(c1cncc(F)c1)c1cccc(OC(F)(F)F)c1. The number of halogens is 4. The third-order valence-corrected chi connectivity index (χ3v) is 2.30. The maximum atomic E-state index is 13.0. The molecular weight excluding hydrogens is 278 g/mol. The van der Waals surface area contributed by atoms with Gasteiger partial charge in [-0.1, -0.05) is 12.1 Å². The fourth-order valence-corrected chi connectivity index (χ4v) is 1.54. The van der Waals surface area contributed by atoms with E-state index in [2.05, 4.69) is 9.72 Å². The van der Waals surface area contributed by atoms with Crippen LogP contribution < -0.4 is 4.74 Å². The molecule has 0 aliphatic carbocycles. The number of aromatic nitrogens is 1. The van der Waals surface area contributed by atoms with Gasteiger partial charge < -0.3 is 4.74 Å². The second-order valence-corrected chi connectivity index (χ2v) is 3.80. The molecule has 0 aliphatic rings. The number of pyridine rings is 1. The van der Waals surface area contributed by atoms with Gasteiger partial charge in [0, 0.05) is 17.3 Å². The number of nitrogens with zero attached hydrogens (tertiary/aromatic N) is 1. The van der Waals surface area contributed by atoms with Crippen molar-refractivity contribution in [3.8, 4) is 5.75 Å². The van der Waals surface area contributed by atoms with Crippen molar-refractivity contribution in [2.75, 3.05) is 0 Å². The van der Waals surface area contributed by atoms with Crippen LogP contribution in [0.15, 0.2) is 42.7 Å². The molecule has 2 aromatic rings. The summed E-state index contributed by atoms with van der Waals surface area (Å²) in [6.45, 7) is 0. The maximum absolute atomic E-state index is 13.0. The summed E-state index contributed by atoms with van der Waals surface area (Å²) in [7, 11) is 0. The van der Waals surface area contributed by atoms with E-state index in [1.807, 2.05) is 0 Å². The van der Waals surface area contributed by atoms with Gasteiger partial charge in [0.25, 0.3) is 0 Å². The van der Waals surface area contributed by atoms with Crippen molar-refractivity contribution in [3.63, 3.8) is 0 Å².